The van der Waals surface area contributed by atoms with Crippen molar-refractivity contribution in [3.63, 3.8) is 0 Å². The monoisotopic (exact) mass is 506 g/mol. The van der Waals surface area contributed by atoms with Crippen molar-refractivity contribution in [3.8, 4) is 21.9 Å². The molecule has 1 aliphatic rings. The van der Waals surface area contributed by atoms with Crippen molar-refractivity contribution in [2.75, 3.05) is 13.7 Å². The van der Waals surface area contributed by atoms with Crippen LogP contribution in [-0.4, -0.2) is 47.1 Å². The topological polar surface area (TPSA) is 108 Å². The Balaban J connectivity index is 0.000000357. The van der Waals surface area contributed by atoms with Gasteiger partial charge in [-0.25, -0.2) is 4.79 Å². The van der Waals surface area contributed by atoms with Crippen LogP contribution >= 0.6 is 23.1 Å². The number of aldehydes is 1. The molecule has 9 heteroatoms. The van der Waals surface area contributed by atoms with Crippen LogP contribution in [0.15, 0.2) is 39.7 Å². The molecule has 186 valence electrons. The van der Waals surface area contributed by atoms with Crippen molar-refractivity contribution in [2.24, 2.45) is 5.10 Å². The molecule has 0 fully saturated rings. The highest BCUT2D eigenvalue weighted by Gasteiger charge is 2.18. The molecule has 1 aromatic carbocycles. The second-order valence-electron chi connectivity index (χ2n) is 6.91. The van der Waals surface area contributed by atoms with Crippen LogP contribution in [0.5, 0.6) is 11.5 Å². The lowest BCUT2D eigenvalue weighted by Gasteiger charge is -2.04. The van der Waals surface area contributed by atoms with Gasteiger partial charge in [0.25, 0.3) is 0 Å². The average molecular weight is 507 g/mol. The van der Waals surface area contributed by atoms with Gasteiger partial charge in [0.1, 0.15) is 17.8 Å². The lowest BCUT2D eigenvalue weighted by molar-refractivity contribution is -0.131. The zero-order chi connectivity index (χ0) is 25.7. The number of carbonyl (C=O) groups is 2. The number of carboxylic acids is 1. The molecule has 1 unspecified atom stereocenters. The number of hydrogen-bond donors (Lipinski definition) is 3. The van der Waals surface area contributed by atoms with Gasteiger partial charge in [0.05, 0.1) is 32.9 Å². The molecule has 0 saturated carbocycles. The van der Waals surface area contributed by atoms with E-state index in [1.165, 1.54) is 16.9 Å². The fraction of sp³-hybridized carbons (Fsp3) is 0.400. The number of rotatable bonds is 8. The molecule has 3 rings (SSSR count). The predicted molar refractivity (Wildman–Crippen MR) is 142 cm³/mol. The molecule has 0 bridgehead atoms. The van der Waals surface area contributed by atoms with E-state index in [9.17, 15) is 14.7 Å². The highest BCUT2D eigenvalue weighted by atomic mass is 32.2. The Morgan fingerprint density at radius 1 is 1.38 bits per heavy atom. The van der Waals surface area contributed by atoms with Gasteiger partial charge in [-0.05, 0) is 49.6 Å². The highest BCUT2D eigenvalue weighted by molar-refractivity contribution is 8.05. The summed E-state index contributed by atoms with van der Waals surface area (Å²) in [6, 6.07) is 6.07. The smallest absolute Gasteiger partial charge is 0.341 e. The molecule has 0 amide bonds. The van der Waals surface area contributed by atoms with Gasteiger partial charge in [0.2, 0.25) is 0 Å². The molecule has 3 N–H and O–H groups in total. The minimum absolute atomic E-state index is 0.247. The minimum atomic E-state index is -0.962. The van der Waals surface area contributed by atoms with Gasteiger partial charge in [-0.15, -0.1) is 23.1 Å². The van der Waals surface area contributed by atoms with Gasteiger partial charge in [-0.1, -0.05) is 26.8 Å². The first-order valence-electron chi connectivity index (χ1n) is 11.2. The predicted octanol–water partition coefficient (Wildman–Crippen LogP) is 5.71. The van der Waals surface area contributed by atoms with Crippen molar-refractivity contribution in [1.29, 1.82) is 0 Å². The molecule has 1 aromatic heterocycles. The van der Waals surface area contributed by atoms with Crippen LogP contribution in [0.3, 0.4) is 0 Å². The van der Waals surface area contributed by atoms with Crippen LogP contribution in [0.25, 0.3) is 10.4 Å². The van der Waals surface area contributed by atoms with Gasteiger partial charge in [0, 0.05) is 18.8 Å². The molecule has 1 aliphatic heterocycles. The fourth-order valence-electron chi connectivity index (χ4n) is 2.97. The molecular weight excluding hydrogens is 472 g/mol. The van der Waals surface area contributed by atoms with E-state index in [2.05, 4.69) is 16.6 Å². The summed E-state index contributed by atoms with van der Waals surface area (Å²) in [6.45, 7) is 10.1. The van der Waals surface area contributed by atoms with Crippen molar-refractivity contribution in [3.05, 3.63) is 45.7 Å². The SMILES string of the molecule is CC.CC/C=C(\SC(C)C=O)C(=O)O.CN/N=C(\C)c1csc(-c2ccc3c(c2)CCO3)c1O. The third kappa shape index (κ3) is 8.22. The minimum Gasteiger partial charge on any atom is -0.506 e. The number of aromatic hydroxyl groups is 1. The largest absolute Gasteiger partial charge is 0.506 e. The number of fused-ring (bicyclic) bond motifs is 1. The number of allylic oxidation sites excluding steroid dienone is 1. The fourth-order valence-corrected chi connectivity index (χ4v) is 4.79. The first-order chi connectivity index (χ1) is 16.3. The van der Waals surface area contributed by atoms with Gasteiger partial charge < -0.3 is 25.2 Å². The summed E-state index contributed by atoms with van der Waals surface area (Å²) < 4.78 is 5.51. The molecule has 7 nitrogen and oxygen atoms in total. The highest BCUT2D eigenvalue weighted by Crippen LogP contribution is 2.40. The number of ether oxygens (including phenoxy) is 1. The maximum atomic E-state index is 10.5. The van der Waals surface area contributed by atoms with E-state index in [0.29, 0.717) is 12.2 Å². The molecule has 0 spiro atoms. The summed E-state index contributed by atoms with van der Waals surface area (Å²) in [7, 11) is 1.74. The van der Waals surface area contributed by atoms with Crippen LogP contribution in [0.2, 0.25) is 0 Å². The van der Waals surface area contributed by atoms with Crippen LogP contribution in [-0.2, 0) is 16.0 Å². The summed E-state index contributed by atoms with van der Waals surface area (Å²) in [4.78, 5) is 21.9. The van der Waals surface area contributed by atoms with Gasteiger partial charge >= 0.3 is 5.97 Å². The van der Waals surface area contributed by atoms with Crippen LogP contribution < -0.4 is 10.2 Å². The summed E-state index contributed by atoms with van der Waals surface area (Å²) >= 11 is 2.60. The number of nitrogens with one attached hydrogen (secondary N) is 1. The van der Waals surface area contributed by atoms with Crippen LogP contribution in [0.4, 0.5) is 0 Å². The number of thioether (sulfide) groups is 1. The van der Waals surface area contributed by atoms with E-state index in [4.69, 9.17) is 9.84 Å². The van der Waals surface area contributed by atoms with E-state index in [1.807, 2.05) is 45.2 Å². The lowest BCUT2D eigenvalue weighted by Crippen LogP contribution is -2.03. The average Bonchev–Trinajstić information content (AvgIpc) is 3.46. The van der Waals surface area contributed by atoms with E-state index < -0.39 is 5.97 Å². The van der Waals surface area contributed by atoms with Gasteiger partial charge in [-0.3, -0.25) is 0 Å². The Hall–Kier alpha value is -2.78. The molecule has 2 aromatic rings. The number of thiophene rings is 1. The summed E-state index contributed by atoms with van der Waals surface area (Å²) in [6.07, 6.45) is 3.94. The normalized spacial score (nSPS) is 13.4. The Labute approximate surface area is 209 Å². The van der Waals surface area contributed by atoms with Crippen LogP contribution in [0.1, 0.15) is 52.2 Å². The molecule has 1 atom stereocenters. The number of carboxylic acid groups (broad SMARTS) is 1. The zero-order valence-corrected chi connectivity index (χ0v) is 22.2. The molecule has 2 heterocycles. The Morgan fingerprint density at radius 3 is 2.68 bits per heavy atom. The van der Waals surface area contributed by atoms with E-state index >= 15 is 0 Å². The number of aliphatic carboxylic acids is 1. The Bertz CT molecular complexity index is 1010. The van der Waals surface area contributed by atoms with Crippen molar-refractivity contribution in [1.82, 2.24) is 5.43 Å². The molecule has 0 saturated heterocycles. The number of hydrogen-bond acceptors (Lipinski definition) is 8. The third-order valence-corrected chi connectivity index (χ3v) is 6.59. The number of hydrazone groups is 1. The maximum absolute atomic E-state index is 10.5. The first kappa shape index (κ1) is 29.3. The molecule has 0 radical (unpaired) electrons. The quantitative estimate of drug-likeness (QED) is 0.182. The van der Waals surface area contributed by atoms with Crippen molar-refractivity contribution >= 4 is 41.1 Å². The van der Waals surface area contributed by atoms with Crippen molar-refractivity contribution < 1.29 is 24.5 Å². The van der Waals surface area contributed by atoms with E-state index in [-0.39, 0.29) is 10.2 Å². The van der Waals surface area contributed by atoms with Crippen LogP contribution in [0, 0.1) is 0 Å². The molecule has 0 aliphatic carbocycles. The lowest BCUT2D eigenvalue weighted by atomic mass is 10.1. The Kier molecular flexibility index (Phi) is 13.1. The summed E-state index contributed by atoms with van der Waals surface area (Å²) in [5.41, 5.74) is 6.52. The summed E-state index contributed by atoms with van der Waals surface area (Å²) in [5.74, 6) is 0.291. The van der Waals surface area contributed by atoms with E-state index in [1.54, 1.807) is 20.0 Å². The third-order valence-electron chi connectivity index (χ3n) is 4.49. The van der Waals surface area contributed by atoms with Gasteiger partial charge in [0.15, 0.2) is 0 Å². The Morgan fingerprint density at radius 2 is 2.09 bits per heavy atom. The zero-order valence-electron chi connectivity index (χ0n) is 20.5. The second-order valence-corrected chi connectivity index (χ2v) is 9.21. The maximum Gasteiger partial charge on any atom is 0.341 e. The van der Waals surface area contributed by atoms with Crippen molar-refractivity contribution in [2.45, 2.75) is 52.7 Å². The standard InChI is InChI=1S/C15H16N2O2S.C8H12O3S.C2H6/c1-9(17-16-2)12-8-20-15(14(12)18)11-3-4-13-10(7-11)5-6-19-13;1-3-4-7(8(10)11)12-6(2)5-9;1-2/h3-4,7-8,16,18H,5-6H2,1-2H3;4-6H,3H2,1-2H3,(H,10,11);1-2H3/b17-9+;7-4-;. The summed E-state index contributed by atoms with van der Waals surface area (Å²) in [5, 5.41) is 24.8. The van der Waals surface area contributed by atoms with Gasteiger partial charge in [-0.2, -0.15) is 5.10 Å². The number of nitrogens with zero attached hydrogens (tertiary/aromatic N) is 1. The molecule has 34 heavy (non-hydrogen) atoms. The molecular formula is C25H34N2O5S2. The number of carbonyl (C=O) groups excluding carboxylic acids is 1. The first-order valence-corrected chi connectivity index (χ1v) is 12.9. The number of benzene rings is 1. The second kappa shape index (κ2) is 15.2. The van der Waals surface area contributed by atoms with E-state index in [0.717, 1.165) is 58.5 Å².